The molecule has 19 heavy (non-hydrogen) atoms. The van der Waals surface area contributed by atoms with Gasteiger partial charge in [0.25, 0.3) is 0 Å². The zero-order chi connectivity index (χ0) is 13.4. The van der Waals surface area contributed by atoms with Crippen LogP contribution in [-0.4, -0.2) is 45.8 Å². The third-order valence-corrected chi connectivity index (χ3v) is 4.44. The lowest BCUT2D eigenvalue weighted by Crippen LogP contribution is -2.42. The molecule has 0 saturated carbocycles. The highest BCUT2D eigenvalue weighted by molar-refractivity contribution is 5.67. The molecule has 2 atom stereocenters. The number of hydrogen-bond donors (Lipinski definition) is 1. The second-order valence-electron chi connectivity index (χ2n) is 5.59. The van der Waals surface area contributed by atoms with Crippen molar-refractivity contribution in [1.82, 2.24) is 4.90 Å². The summed E-state index contributed by atoms with van der Waals surface area (Å²) in [6.07, 6.45) is 1.21. The number of piperidine rings is 1. The normalized spacial score (nSPS) is 26.1. The lowest BCUT2D eigenvalue weighted by atomic mass is 9.77. The predicted molar refractivity (Wildman–Crippen MR) is 76.4 cm³/mol. The summed E-state index contributed by atoms with van der Waals surface area (Å²) in [7, 11) is 5.64. The van der Waals surface area contributed by atoms with Crippen LogP contribution >= 0.6 is 0 Å². The Morgan fingerprint density at radius 2 is 2.11 bits per heavy atom. The molecule has 1 aromatic carbocycles. The van der Waals surface area contributed by atoms with Crippen LogP contribution in [0.2, 0.25) is 0 Å². The fourth-order valence-electron chi connectivity index (χ4n) is 3.43. The number of benzene rings is 1. The van der Waals surface area contributed by atoms with Gasteiger partial charge >= 0.3 is 0 Å². The Morgan fingerprint density at radius 1 is 1.26 bits per heavy atom. The van der Waals surface area contributed by atoms with Crippen LogP contribution in [0, 0.1) is 5.92 Å². The fraction of sp³-hybridized carbons (Fsp3) is 0.600. The highest BCUT2D eigenvalue weighted by Crippen LogP contribution is 2.46. The van der Waals surface area contributed by atoms with Gasteiger partial charge < -0.3 is 19.7 Å². The molecule has 3 rings (SSSR count). The van der Waals surface area contributed by atoms with E-state index in [1.807, 2.05) is 6.07 Å². The van der Waals surface area contributed by atoms with Gasteiger partial charge in [0.05, 0.1) is 19.9 Å². The summed E-state index contributed by atoms with van der Waals surface area (Å²) in [5.41, 5.74) is 2.52. The van der Waals surface area contributed by atoms with Crippen LogP contribution in [0.5, 0.6) is 11.5 Å². The standard InChI is InChI=1S/C15H22N2O2/c1-17-5-4-12-10(9-17)8-16-15-13(12)6-11(18-2)7-14(15)19-3/h6-7,10,12,16H,4-5,8-9H2,1-3H3. The van der Waals surface area contributed by atoms with E-state index in [4.69, 9.17) is 9.47 Å². The van der Waals surface area contributed by atoms with Crippen LogP contribution in [-0.2, 0) is 0 Å². The van der Waals surface area contributed by atoms with Crippen LogP contribution in [0.25, 0.3) is 0 Å². The van der Waals surface area contributed by atoms with Gasteiger partial charge in [0.15, 0.2) is 0 Å². The number of anilines is 1. The predicted octanol–water partition coefficient (Wildman–Crippen LogP) is 2.16. The smallest absolute Gasteiger partial charge is 0.145 e. The van der Waals surface area contributed by atoms with E-state index in [1.54, 1.807) is 14.2 Å². The number of fused-ring (bicyclic) bond motifs is 3. The van der Waals surface area contributed by atoms with Gasteiger partial charge in [-0.1, -0.05) is 0 Å². The summed E-state index contributed by atoms with van der Waals surface area (Å²) in [5, 5.41) is 3.55. The van der Waals surface area contributed by atoms with Gasteiger partial charge in [0.2, 0.25) is 0 Å². The zero-order valence-corrected chi connectivity index (χ0v) is 11.9. The maximum Gasteiger partial charge on any atom is 0.145 e. The quantitative estimate of drug-likeness (QED) is 0.885. The summed E-state index contributed by atoms with van der Waals surface area (Å²) >= 11 is 0. The van der Waals surface area contributed by atoms with Crippen LogP contribution in [0.3, 0.4) is 0 Å². The molecular weight excluding hydrogens is 240 g/mol. The van der Waals surface area contributed by atoms with Crippen molar-refractivity contribution in [3.05, 3.63) is 17.7 Å². The molecule has 4 heteroatoms. The number of rotatable bonds is 2. The van der Waals surface area contributed by atoms with Crippen molar-refractivity contribution in [3.63, 3.8) is 0 Å². The molecule has 0 aliphatic carbocycles. The first-order valence-electron chi connectivity index (χ1n) is 6.91. The van der Waals surface area contributed by atoms with Gasteiger partial charge in [-0.25, -0.2) is 0 Å². The summed E-state index contributed by atoms with van der Waals surface area (Å²) in [6.45, 7) is 3.36. The molecular formula is C15H22N2O2. The summed E-state index contributed by atoms with van der Waals surface area (Å²) in [5.74, 6) is 3.09. The van der Waals surface area contributed by atoms with Gasteiger partial charge in [-0.15, -0.1) is 0 Å². The van der Waals surface area contributed by atoms with E-state index in [2.05, 4.69) is 23.3 Å². The fourth-order valence-corrected chi connectivity index (χ4v) is 3.43. The topological polar surface area (TPSA) is 33.7 Å². The average molecular weight is 262 g/mol. The molecule has 0 amide bonds. The summed E-state index contributed by atoms with van der Waals surface area (Å²) in [4.78, 5) is 2.42. The number of nitrogens with one attached hydrogen (secondary N) is 1. The summed E-state index contributed by atoms with van der Waals surface area (Å²) in [6, 6.07) is 4.13. The Morgan fingerprint density at radius 3 is 2.84 bits per heavy atom. The van der Waals surface area contributed by atoms with Crippen LogP contribution < -0.4 is 14.8 Å². The first-order valence-corrected chi connectivity index (χ1v) is 6.91. The molecule has 2 heterocycles. The van der Waals surface area contributed by atoms with Gasteiger partial charge in [-0.05, 0) is 43.5 Å². The molecule has 1 aromatic rings. The van der Waals surface area contributed by atoms with Gasteiger partial charge in [0, 0.05) is 19.2 Å². The minimum absolute atomic E-state index is 0.622. The Labute approximate surface area is 114 Å². The first kappa shape index (κ1) is 12.6. The highest BCUT2D eigenvalue weighted by Gasteiger charge is 2.35. The lowest BCUT2D eigenvalue weighted by Gasteiger charge is -2.41. The molecule has 0 aromatic heterocycles. The zero-order valence-electron chi connectivity index (χ0n) is 11.9. The molecule has 1 fully saturated rings. The number of methoxy groups -OCH3 is 2. The molecule has 0 spiro atoms. The maximum atomic E-state index is 5.50. The van der Waals surface area contributed by atoms with Crippen LogP contribution in [0.4, 0.5) is 5.69 Å². The molecule has 104 valence electrons. The molecule has 2 aliphatic heterocycles. The van der Waals surface area contributed by atoms with E-state index in [1.165, 1.54) is 18.5 Å². The minimum atomic E-state index is 0.622. The number of nitrogens with zero attached hydrogens (tertiary/aromatic N) is 1. The highest BCUT2D eigenvalue weighted by atomic mass is 16.5. The average Bonchev–Trinajstić information content (AvgIpc) is 2.45. The number of ether oxygens (including phenoxy) is 2. The molecule has 1 saturated heterocycles. The Balaban J connectivity index is 2.01. The Bertz CT molecular complexity index is 475. The first-order chi connectivity index (χ1) is 9.22. The number of hydrogen-bond acceptors (Lipinski definition) is 4. The van der Waals surface area contributed by atoms with E-state index in [0.29, 0.717) is 11.8 Å². The summed E-state index contributed by atoms with van der Waals surface area (Å²) < 4.78 is 10.9. The van der Waals surface area contributed by atoms with Crippen molar-refractivity contribution in [1.29, 1.82) is 0 Å². The van der Waals surface area contributed by atoms with Gasteiger partial charge in [0.1, 0.15) is 11.5 Å². The minimum Gasteiger partial charge on any atom is -0.497 e. The van der Waals surface area contributed by atoms with Crippen molar-refractivity contribution < 1.29 is 9.47 Å². The van der Waals surface area contributed by atoms with E-state index >= 15 is 0 Å². The van der Waals surface area contributed by atoms with Crippen LogP contribution in [0.1, 0.15) is 17.9 Å². The van der Waals surface area contributed by atoms with Crippen molar-refractivity contribution in [2.24, 2.45) is 5.92 Å². The van der Waals surface area contributed by atoms with Gasteiger partial charge in [-0.2, -0.15) is 0 Å². The van der Waals surface area contributed by atoms with Crippen molar-refractivity contribution in [2.45, 2.75) is 12.3 Å². The third kappa shape index (κ3) is 2.14. The second kappa shape index (κ2) is 4.93. The Hall–Kier alpha value is -1.42. The van der Waals surface area contributed by atoms with E-state index in [0.717, 1.165) is 30.3 Å². The molecule has 4 nitrogen and oxygen atoms in total. The third-order valence-electron chi connectivity index (χ3n) is 4.44. The lowest BCUT2D eigenvalue weighted by molar-refractivity contribution is 0.187. The van der Waals surface area contributed by atoms with Crippen molar-refractivity contribution >= 4 is 5.69 Å². The van der Waals surface area contributed by atoms with Gasteiger partial charge in [-0.3, -0.25) is 0 Å². The second-order valence-corrected chi connectivity index (χ2v) is 5.59. The molecule has 1 N–H and O–H groups in total. The maximum absolute atomic E-state index is 5.50. The van der Waals surface area contributed by atoms with E-state index in [9.17, 15) is 0 Å². The SMILES string of the molecule is COc1cc(OC)c2c(c1)C1CCN(C)CC1CN2. The molecule has 2 aliphatic rings. The monoisotopic (exact) mass is 262 g/mol. The largest absolute Gasteiger partial charge is 0.497 e. The van der Waals surface area contributed by atoms with Crippen molar-refractivity contribution in [2.75, 3.05) is 46.2 Å². The molecule has 0 radical (unpaired) electrons. The Kier molecular flexibility index (Phi) is 3.27. The number of likely N-dealkylation sites (tertiary alicyclic amines) is 1. The van der Waals surface area contributed by atoms with Crippen molar-refractivity contribution in [3.8, 4) is 11.5 Å². The molecule has 2 unspecified atom stereocenters. The van der Waals surface area contributed by atoms with E-state index in [-0.39, 0.29) is 0 Å². The van der Waals surface area contributed by atoms with E-state index < -0.39 is 0 Å². The molecule has 0 bridgehead atoms. The van der Waals surface area contributed by atoms with Crippen LogP contribution in [0.15, 0.2) is 12.1 Å².